The van der Waals surface area contributed by atoms with E-state index in [0.717, 1.165) is 32.0 Å². The molecular weight excluding hydrogens is 474 g/mol. The van der Waals surface area contributed by atoms with E-state index in [1.165, 1.54) is 43.6 Å². The van der Waals surface area contributed by atoms with Gasteiger partial charge in [0.05, 0.1) is 35.2 Å². The van der Waals surface area contributed by atoms with Gasteiger partial charge in [0.2, 0.25) is 0 Å². The number of carbonyl (C=O) groups excluding carboxylic acids is 1. The number of carbonyl (C=O) groups is 1. The van der Waals surface area contributed by atoms with Gasteiger partial charge >= 0.3 is 0 Å². The maximum Gasteiger partial charge on any atom is 0.266 e. The average Bonchev–Trinajstić information content (AvgIpc) is 2.86. The molecule has 2 N–H and O–H groups in total. The standard InChI is InChI=1S/C26H27F4N5O/c1-15(18-4-3-5-19(24(18)28)25(29)30)33-26(36)21-12-20(16-6-9-31-32-14-16)22(27)13-23(21)34-17-7-10-35(2)11-8-17/h3-6,9,12-15,17,25,34H,7-8,10-11H2,1-2H3,(H,33,36)/t15-/m1/s1. The second-order valence-corrected chi connectivity index (χ2v) is 8.98. The minimum Gasteiger partial charge on any atom is -0.381 e. The number of piperidine rings is 1. The first-order valence-electron chi connectivity index (χ1n) is 11.7. The molecule has 1 atom stereocenters. The van der Waals surface area contributed by atoms with Crippen LogP contribution in [-0.2, 0) is 0 Å². The Morgan fingerprint density at radius 3 is 2.47 bits per heavy atom. The van der Waals surface area contributed by atoms with Gasteiger partial charge in [-0.25, -0.2) is 17.6 Å². The normalized spacial score (nSPS) is 15.6. The highest BCUT2D eigenvalue weighted by Crippen LogP contribution is 2.31. The van der Waals surface area contributed by atoms with Gasteiger partial charge in [-0.15, -0.1) is 0 Å². The van der Waals surface area contributed by atoms with Crippen molar-refractivity contribution >= 4 is 11.6 Å². The molecule has 1 saturated heterocycles. The van der Waals surface area contributed by atoms with Gasteiger partial charge in [-0.3, -0.25) is 4.79 Å². The van der Waals surface area contributed by atoms with Gasteiger partial charge < -0.3 is 15.5 Å². The second kappa shape index (κ2) is 11.0. The minimum atomic E-state index is -2.98. The molecule has 3 aromatic rings. The summed E-state index contributed by atoms with van der Waals surface area (Å²) < 4.78 is 56.1. The van der Waals surface area contributed by atoms with Gasteiger partial charge in [0.25, 0.3) is 12.3 Å². The molecule has 0 unspecified atom stereocenters. The second-order valence-electron chi connectivity index (χ2n) is 8.98. The van der Waals surface area contributed by atoms with Crippen molar-refractivity contribution in [2.45, 2.75) is 38.3 Å². The zero-order chi connectivity index (χ0) is 25.8. The third-order valence-electron chi connectivity index (χ3n) is 6.43. The molecule has 1 aromatic heterocycles. The lowest BCUT2D eigenvalue weighted by Gasteiger charge is -2.31. The van der Waals surface area contributed by atoms with Crippen LogP contribution < -0.4 is 10.6 Å². The number of alkyl halides is 2. The first-order valence-corrected chi connectivity index (χ1v) is 11.7. The number of hydrogen-bond donors (Lipinski definition) is 2. The highest BCUT2D eigenvalue weighted by atomic mass is 19.3. The van der Waals surface area contributed by atoms with Gasteiger partial charge in [-0.05, 0) is 58.1 Å². The molecule has 0 spiro atoms. The van der Waals surface area contributed by atoms with Crippen LogP contribution in [0.15, 0.2) is 48.8 Å². The molecule has 10 heteroatoms. The number of halogens is 4. The molecule has 1 fully saturated rings. The fourth-order valence-electron chi connectivity index (χ4n) is 4.35. The number of rotatable bonds is 7. The van der Waals surface area contributed by atoms with Crippen molar-refractivity contribution in [3.05, 3.63) is 77.1 Å². The van der Waals surface area contributed by atoms with Crippen molar-refractivity contribution in [2.24, 2.45) is 0 Å². The minimum absolute atomic E-state index is 0.0400. The van der Waals surface area contributed by atoms with E-state index in [4.69, 9.17) is 0 Å². The fraction of sp³-hybridized carbons (Fsp3) is 0.346. The molecule has 36 heavy (non-hydrogen) atoms. The number of hydrogen-bond acceptors (Lipinski definition) is 5. The van der Waals surface area contributed by atoms with Crippen LogP contribution in [-0.4, -0.2) is 47.2 Å². The summed E-state index contributed by atoms with van der Waals surface area (Å²) in [5, 5.41) is 13.5. The van der Waals surface area contributed by atoms with Crippen LogP contribution in [0.2, 0.25) is 0 Å². The van der Waals surface area contributed by atoms with E-state index in [1.807, 2.05) is 7.05 Å². The average molecular weight is 502 g/mol. The summed E-state index contributed by atoms with van der Waals surface area (Å²) in [5.41, 5.74) is 0.256. The SMILES string of the molecule is C[C@@H](NC(=O)c1cc(-c2ccnnc2)c(F)cc1NC1CCN(C)CC1)c1cccc(C(F)F)c1F. The molecule has 1 amide bonds. The molecule has 4 rings (SSSR count). The number of likely N-dealkylation sites (tertiary alicyclic amines) is 1. The predicted octanol–water partition coefficient (Wildman–Crippen LogP) is 5.36. The van der Waals surface area contributed by atoms with Crippen LogP contribution >= 0.6 is 0 Å². The topological polar surface area (TPSA) is 70.1 Å². The largest absolute Gasteiger partial charge is 0.381 e. The lowest BCUT2D eigenvalue weighted by atomic mass is 9.99. The Morgan fingerprint density at radius 1 is 1.08 bits per heavy atom. The van der Waals surface area contributed by atoms with E-state index in [1.54, 1.807) is 6.07 Å². The van der Waals surface area contributed by atoms with Crippen LogP contribution in [0.3, 0.4) is 0 Å². The maximum absolute atomic E-state index is 15.1. The van der Waals surface area contributed by atoms with Gasteiger partial charge in [0, 0.05) is 22.7 Å². The summed E-state index contributed by atoms with van der Waals surface area (Å²) in [4.78, 5) is 15.6. The Hall–Kier alpha value is -3.53. The Labute approximate surface area is 206 Å². The highest BCUT2D eigenvalue weighted by molar-refractivity contribution is 6.01. The number of benzene rings is 2. The molecular formula is C26H27F4N5O. The summed E-state index contributed by atoms with van der Waals surface area (Å²) >= 11 is 0. The summed E-state index contributed by atoms with van der Waals surface area (Å²) in [6, 6.07) is 7.07. The maximum atomic E-state index is 15.1. The van der Waals surface area contributed by atoms with Crippen LogP contribution in [0, 0.1) is 11.6 Å². The summed E-state index contributed by atoms with van der Waals surface area (Å²) in [5.74, 6) is -2.20. The molecule has 0 saturated carbocycles. The van der Waals surface area contributed by atoms with E-state index in [2.05, 4.69) is 25.7 Å². The summed E-state index contributed by atoms with van der Waals surface area (Å²) in [6.45, 7) is 3.23. The van der Waals surface area contributed by atoms with Crippen molar-refractivity contribution < 1.29 is 22.4 Å². The number of amides is 1. The Kier molecular flexibility index (Phi) is 7.83. The third-order valence-corrected chi connectivity index (χ3v) is 6.43. The smallest absolute Gasteiger partial charge is 0.266 e. The third kappa shape index (κ3) is 5.64. The first kappa shape index (κ1) is 25.6. The van der Waals surface area contributed by atoms with Crippen molar-refractivity contribution in [1.29, 1.82) is 0 Å². The number of nitrogens with one attached hydrogen (secondary N) is 2. The molecule has 1 aliphatic rings. The van der Waals surface area contributed by atoms with Crippen molar-refractivity contribution in [1.82, 2.24) is 20.4 Å². The zero-order valence-electron chi connectivity index (χ0n) is 19.9. The predicted molar refractivity (Wildman–Crippen MR) is 129 cm³/mol. The quantitative estimate of drug-likeness (QED) is 0.427. The monoisotopic (exact) mass is 501 g/mol. The van der Waals surface area contributed by atoms with Gasteiger partial charge in [-0.2, -0.15) is 10.2 Å². The Morgan fingerprint density at radius 2 is 1.81 bits per heavy atom. The molecule has 1 aliphatic heterocycles. The van der Waals surface area contributed by atoms with E-state index in [-0.39, 0.29) is 22.7 Å². The molecule has 0 aliphatic carbocycles. The van der Waals surface area contributed by atoms with E-state index in [9.17, 15) is 18.0 Å². The van der Waals surface area contributed by atoms with Gasteiger partial charge in [0.1, 0.15) is 11.6 Å². The number of nitrogens with zero attached hydrogens (tertiary/aromatic N) is 3. The van der Waals surface area contributed by atoms with Crippen molar-refractivity contribution in [3.63, 3.8) is 0 Å². The van der Waals surface area contributed by atoms with Crippen molar-refractivity contribution in [3.8, 4) is 11.1 Å². The Balaban J connectivity index is 1.67. The summed E-state index contributed by atoms with van der Waals surface area (Å²) in [6.07, 6.45) is 1.46. The van der Waals surface area contributed by atoms with E-state index < -0.39 is 35.6 Å². The lowest BCUT2D eigenvalue weighted by molar-refractivity contribution is 0.0940. The molecule has 0 radical (unpaired) electrons. The summed E-state index contributed by atoms with van der Waals surface area (Å²) in [7, 11) is 2.02. The van der Waals surface area contributed by atoms with Gasteiger partial charge in [0.15, 0.2) is 0 Å². The highest BCUT2D eigenvalue weighted by Gasteiger charge is 2.25. The van der Waals surface area contributed by atoms with Crippen LogP contribution in [0.1, 0.15) is 53.7 Å². The Bertz CT molecular complexity index is 1220. The fourth-order valence-corrected chi connectivity index (χ4v) is 4.35. The lowest BCUT2D eigenvalue weighted by Crippen LogP contribution is -2.37. The van der Waals surface area contributed by atoms with Crippen LogP contribution in [0.5, 0.6) is 0 Å². The van der Waals surface area contributed by atoms with Gasteiger partial charge in [-0.1, -0.05) is 18.2 Å². The number of anilines is 1. The van der Waals surface area contributed by atoms with Crippen LogP contribution in [0.25, 0.3) is 11.1 Å². The molecule has 0 bridgehead atoms. The van der Waals surface area contributed by atoms with E-state index >= 15 is 4.39 Å². The molecule has 2 aromatic carbocycles. The van der Waals surface area contributed by atoms with E-state index in [0.29, 0.717) is 11.3 Å². The zero-order valence-corrected chi connectivity index (χ0v) is 19.9. The first-order chi connectivity index (χ1) is 17.2. The number of aromatic nitrogens is 2. The molecule has 190 valence electrons. The van der Waals surface area contributed by atoms with Crippen molar-refractivity contribution in [2.75, 3.05) is 25.5 Å². The van der Waals surface area contributed by atoms with Crippen LogP contribution in [0.4, 0.5) is 23.2 Å². The molecule has 2 heterocycles. The molecule has 6 nitrogen and oxygen atoms in total.